The van der Waals surface area contributed by atoms with Crippen molar-refractivity contribution in [1.29, 1.82) is 5.26 Å². The van der Waals surface area contributed by atoms with Crippen molar-refractivity contribution in [1.82, 2.24) is 0 Å². The first-order chi connectivity index (χ1) is 9.55. The number of rotatable bonds is 2. The second kappa shape index (κ2) is 5.28. The lowest BCUT2D eigenvalue weighted by atomic mass is 10.0. The number of nitrogens with one attached hydrogen (secondary N) is 1. The van der Waals surface area contributed by atoms with Crippen molar-refractivity contribution in [3.8, 4) is 6.07 Å². The number of hydrogen-bond acceptors (Lipinski definition) is 4. The highest BCUT2D eigenvalue weighted by atomic mass is 16.5. The quantitative estimate of drug-likeness (QED) is 0.873. The summed E-state index contributed by atoms with van der Waals surface area (Å²) in [7, 11) is 1.21. The number of carboxylic acids is 1. The molecule has 0 aromatic heterocycles. The molecule has 2 rings (SSSR count). The van der Waals surface area contributed by atoms with Crippen molar-refractivity contribution in [2.45, 2.75) is 0 Å². The summed E-state index contributed by atoms with van der Waals surface area (Å²) in [5.74, 6) is -1.11. The zero-order valence-electron chi connectivity index (χ0n) is 10.5. The SMILES string of the molecule is COC(=O)Nc1cc(C(=O)O)cc2ccc(C#N)cc12. The fourth-order valence-electron chi connectivity index (χ4n) is 1.82. The number of carbonyl (C=O) groups is 2. The van der Waals surface area contributed by atoms with Crippen molar-refractivity contribution in [2.24, 2.45) is 0 Å². The Morgan fingerprint density at radius 2 is 2.05 bits per heavy atom. The van der Waals surface area contributed by atoms with Crippen LogP contribution in [0.1, 0.15) is 15.9 Å². The predicted molar refractivity (Wildman–Crippen MR) is 71.7 cm³/mol. The summed E-state index contributed by atoms with van der Waals surface area (Å²) in [6.07, 6.45) is -0.712. The number of amides is 1. The van der Waals surface area contributed by atoms with Gasteiger partial charge in [0.25, 0.3) is 0 Å². The van der Waals surface area contributed by atoms with E-state index in [1.54, 1.807) is 18.2 Å². The number of nitrogens with zero attached hydrogens (tertiary/aromatic N) is 1. The lowest BCUT2D eigenvalue weighted by molar-refractivity contribution is 0.0697. The van der Waals surface area contributed by atoms with Gasteiger partial charge in [-0.15, -0.1) is 0 Å². The summed E-state index contributed by atoms with van der Waals surface area (Å²) in [6.45, 7) is 0. The number of benzene rings is 2. The smallest absolute Gasteiger partial charge is 0.411 e. The summed E-state index contributed by atoms with van der Waals surface area (Å²) in [6, 6.07) is 9.57. The van der Waals surface area contributed by atoms with Crippen LogP contribution < -0.4 is 5.32 Å². The lowest BCUT2D eigenvalue weighted by Crippen LogP contribution is -2.12. The molecule has 20 heavy (non-hydrogen) atoms. The molecule has 0 bridgehead atoms. The van der Waals surface area contributed by atoms with E-state index in [9.17, 15) is 9.59 Å². The first-order valence-electron chi connectivity index (χ1n) is 5.61. The average molecular weight is 270 g/mol. The third-order valence-corrected chi connectivity index (χ3v) is 2.75. The molecule has 1 amide bonds. The molecule has 0 fully saturated rings. The number of fused-ring (bicyclic) bond motifs is 1. The highest BCUT2D eigenvalue weighted by molar-refractivity contribution is 6.05. The van der Waals surface area contributed by atoms with Gasteiger partial charge in [-0.2, -0.15) is 5.26 Å². The molecular formula is C14H10N2O4. The van der Waals surface area contributed by atoms with E-state index in [-0.39, 0.29) is 11.3 Å². The van der Waals surface area contributed by atoms with Crippen LogP contribution in [0.5, 0.6) is 0 Å². The van der Waals surface area contributed by atoms with E-state index >= 15 is 0 Å². The second-order valence-electron chi connectivity index (χ2n) is 3.99. The van der Waals surface area contributed by atoms with Crippen LogP contribution >= 0.6 is 0 Å². The fourth-order valence-corrected chi connectivity index (χ4v) is 1.82. The monoisotopic (exact) mass is 270 g/mol. The van der Waals surface area contributed by atoms with Gasteiger partial charge in [0.1, 0.15) is 0 Å². The molecule has 0 spiro atoms. The average Bonchev–Trinajstić information content (AvgIpc) is 2.46. The van der Waals surface area contributed by atoms with E-state index in [0.29, 0.717) is 16.3 Å². The Bertz CT molecular complexity index is 747. The third kappa shape index (κ3) is 2.52. The Morgan fingerprint density at radius 1 is 1.30 bits per heavy atom. The van der Waals surface area contributed by atoms with E-state index in [4.69, 9.17) is 10.4 Å². The van der Waals surface area contributed by atoms with Gasteiger partial charge in [0.15, 0.2) is 0 Å². The predicted octanol–water partition coefficient (Wildman–Crippen LogP) is 2.59. The molecular weight excluding hydrogens is 260 g/mol. The number of ether oxygens (including phenoxy) is 1. The molecule has 2 aromatic rings. The van der Waals surface area contributed by atoms with Crippen LogP contribution in [0.25, 0.3) is 10.8 Å². The zero-order chi connectivity index (χ0) is 14.7. The molecule has 0 aliphatic rings. The molecule has 100 valence electrons. The largest absolute Gasteiger partial charge is 0.478 e. The molecule has 0 saturated carbocycles. The van der Waals surface area contributed by atoms with E-state index in [0.717, 1.165) is 0 Å². The van der Waals surface area contributed by atoms with Gasteiger partial charge in [0.2, 0.25) is 0 Å². The van der Waals surface area contributed by atoms with Crippen LogP contribution in [-0.4, -0.2) is 24.3 Å². The molecule has 2 aromatic carbocycles. The number of carbonyl (C=O) groups excluding carboxylic acids is 1. The van der Waals surface area contributed by atoms with Gasteiger partial charge >= 0.3 is 12.1 Å². The van der Waals surface area contributed by atoms with Crippen LogP contribution in [0.15, 0.2) is 30.3 Å². The molecule has 6 nitrogen and oxygen atoms in total. The molecule has 0 heterocycles. The third-order valence-electron chi connectivity index (χ3n) is 2.75. The van der Waals surface area contributed by atoms with E-state index in [1.807, 2.05) is 6.07 Å². The minimum absolute atomic E-state index is 0.0358. The first kappa shape index (κ1) is 13.4. The van der Waals surface area contributed by atoms with Crippen molar-refractivity contribution >= 4 is 28.5 Å². The minimum Gasteiger partial charge on any atom is -0.478 e. The Kier molecular flexibility index (Phi) is 3.53. The maximum atomic E-state index is 11.3. The van der Waals surface area contributed by atoms with Gasteiger partial charge in [0, 0.05) is 5.39 Å². The van der Waals surface area contributed by atoms with Crippen molar-refractivity contribution in [2.75, 3.05) is 12.4 Å². The zero-order valence-corrected chi connectivity index (χ0v) is 10.5. The molecule has 0 radical (unpaired) electrons. The molecule has 2 N–H and O–H groups in total. The molecule has 0 aliphatic carbocycles. The molecule has 0 unspecified atom stereocenters. The number of hydrogen-bond donors (Lipinski definition) is 2. The van der Waals surface area contributed by atoms with Crippen LogP contribution in [0.3, 0.4) is 0 Å². The van der Waals surface area contributed by atoms with Crippen LogP contribution in [0.4, 0.5) is 10.5 Å². The Balaban J connectivity index is 2.68. The van der Waals surface area contributed by atoms with E-state index < -0.39 is 12.1 Å². The van der Waals surface area contributed by atoms with E-state index in [1.165, 1.54) is 19.2 Å². The summed E-state index contributed by atoms with van der Waals surface area (Å²) >= 11 is 0. The van der Waals surface area contributed by atoms with E-state index in [2.05, 4.69) is 10.1 Å². The van der Waals surface area contributed by atoms with Crippen molar-refractivity contribution < 1.29 is 19.4 Å². The normalized spacial score (nSPS) is 9.80. The summed E-state index contributed by atoms with van der Waals surface area (Å²) in [5.41, 5.74) is 0.728. The standard InChI is InChI=1S/C14H10N2O4/c1-20-14(19)16-12-6-10(13(17)18)5-9-3-2-8(7-15)4-11(9)12/h2-6H,1H3,(H,16,19)(H,17,18). The lowest BCUT2D eigenvalue weighted by Gasteiger charge is -2.09. The Morgan fingerprint density at radius 3 is 2.65 bits per heavy atom. The molecule has 0 atom stereocenters. The maximum Gasteiger partial charge on any atom is 0.411 e. The van der Waals surface area contributed by atoms with Crippen LogP contribution in [-0.2, 0) is 4.74 Å². The van der Waals surface area contributed by atoms with Gasteiger partial charge in [-0.25, -0.2) is 9.59 Å². The van der Waals surface area contributed by atoms with Gasteiger partial charge in [-0.05, 0) is 29.7 Å². The molecule has 0 aliphatic heterocycles. The molecule has 6 heteroatoms. The number of nitriles is 1. The number of anilines is 1. The van der Waals surface area contributed by atoms with Crippen LogP contribution in [0.2, 0.25) is 0 Å². The maximum absolute atomic E-state index is 11.3. The van der Waals surface area contributed by atoms with Gasteiger partial charge in [0.05, 0.1) is 30.0 Å². The first-order valence-corrected chi connectivity index (χ1v) is 5.61. The minimum atomic E-state index is -1.11. The van der Waals surface area contributed by atoms with Crippen molar-refractivity contribution in [3.05, 3.63) is 41.5 Å². The Hall–Kier alpha value is -3.07. The fraction of sp³-hybridized carbons (Fsp3) is 0.0714. The number of aromatic carboxylic acids is 1. The second-order valence-corrected chi connectivity index (χ2v) is 3.99. The van der Waals surface area contributed by atoms with Gasteiger partial charge in [-0.1, -0.05) is 6.07 Å². The highest BCUT2D eigenvalue weighted by Gasteiger charge is 2.12. The topological polar surface area (TPSA) is 99.4 Å². The summed E-state index contributed by atoms with van der Waals surface area (Å²) < 4.78 is 4.50. The van der Waals surface area contributed by atoms with Crippen LogP contribution in [0, 0.1) is 11.3 Å². The van der Waals surface area contributed by atoms with Gasteiger partial charge < -0.3 is 9.84 Å². The summed E-state index contributed by atoms with van der Waals surface area (Å²) in [4.78, 5) is 22.4. The van der Waals surface area contributed by atoms with Gasteiger partial charge in [-0.3, -0.25) is 5.32 Å². The highest BCUT2D eigenvalue weighted by Crippen LogP contribution is 2.27. The Labute approximate surface area is 114 Å². The molecule has 0 saturated heterocycles. The number of carboxylic acid groups (broad SMARTS) is 1. The van der Waals surface area contributed by atoms with Crippen molar-refractivity contribution in [3.63, 3.8) is 0 Å². The number of methoxy groups -OCH3 is 1. The summed E-state index contributed by atoms with van der Waals surface area (Å²) in [5, 5.41) is 21.6.